The van der Waals surface area contributed by atoms with Gasteiger partial charge in [0, 0.05) is 37.6 Å². The van der Waals surface area contributed by atoms with Crippen LogP contribution in [-0.4, -0.2) is 107 Å². The van der Waals surface area contributed by atoms with E-state index in [-0.39, 0.29) is 19.3 Å². The Bertz CT molecular complexity index is 1450. The molecule has 1 aromatic carbocycles. The molecule has 0 saturated carbocycles. The van der Waals surface area contributed by atoms with E-state index in [1.54, 1.807) is 0 Å². The fourth-order valence-electron chi connectivity index (χ4n) is 4.70. The van der Waals surface area contributed by atoms with E-state index >= 15 is 0 Å². The van der Waals surface area contributed by atoms with E-state index in [9.17, 15) is 39.0 Å². The summed E-state index contributed by atoms with van der Waals surface area (Å²) < 4.78 is 0. The molecule has 16 heteroatoms. The first-order chi connectivity index (χ1) is 21.0. The quantitative estimate of drug-likeness (QED) is 0.0946. The van der Waals surface area contributed by atoms with Crippen LogP contribution in [-0.2, 0) is 28.8 Å². The lowest BCUT2D eigenvalue weighted by molar-refractivity contribution is -0.140. The van der Waals surface area contributed by atoms with Crippen molar-refractivity contribution in [3.63, 3.8) is 0 Å². The van der Waals surface area contributed by atoms with Crippen LogP contribution in [0, 0.1) is 0 Å². The van der Waals surface area contributed by atoms with Crippen molar-refractivity contribution >= 4 is 53.7 Å². The van der Waals surface area contributed by atoms with Gasteiger partial charge in [-0.15, -0.1) is 0 Å². The van der Waals surface area contributed by atoms with Crippen LogP contribution in [0.2, 0.25) is 0 Å². The summed E-state index contributed by atoms with van der Waals surface area (Å²) in [6.45, 7) is 0.862. The van der Waals surface area contributed by atoms with Crippen LogP contribution in [0.1, 0.15) is 39.0 Å². The van der Waals surface area contributed by atoms with Gasteiger partial charge in [0.05, 0.1) is 37.0 Å². The number of hydrogen-bond donors (Lipinski definition) is 7. The number of fused-ring (bicyclic) bond motifs is 1. The summed E-state index contributed by atoms with van der Waals surface area (Å²) >= 11 is 0. The van der Waals surface area contributed by atoms with Gasteiger partial charge in [-0.2, -0.15) is 0 Å². The van der Waals surface area contributed by atoms with Crippen molar-refractivity contribution in [2.75, 3.05) is 13.2 Å². The van der Waals surface area contributed by atoms with Crippen molar-refractivity contribution in [1.82, 2.24) is 21.3 Å². The van der Waals surface area contributed by atoms with Crippen molar-refractivity contribution in [2.45, 2.75) is 69.2 Å². The van der Waals surface area contributed by atoms with Crippen molar-refractivity contribution in [1.29, 1.82) is 0 Å². The van der Waals surface area contributed by atoms with Crippen LogP contribution in [0.5, 0.6) is 0 Å². The molecular weight excluding hydrogens is 578 g/mol. The number of benzene rings is 1. The topological polar surface area (TPSA) is 248 Å². The second kappa shape index (κ2) is 16.0. The number of hydrogen-bond acceptors (Lipinski definition) is 10. The third-order valence-corrected chi connectivity index (χ3v) is 6.83. The average Bonchev–Trinajstić information content (AvgIpc) is 3.63. The van der Waals surface area contributed by atoms with Gasteiger partial charge >= 0.3 is 11.9 Å². The van der Waals surface area contributed by atoms with Crippen molar-refractivity contribution < 1.29 is 44.1 Å². The Hall–Kier alpha value is -4.99. The van der Waals surface area contributed by atoms with Gasteiger partial charge in [-0.25, -0.2) is 4.99 Å². The molecule has 0 radical (unpaired) electrons. The number of carboxylic acid groups (broad SMARTS) is 2. The minimum absolute atomic E-state index is 0.0787. The average molecular weight is 614 g/mol. The normalized spacial score (nSPS) is 17.4. The summed E-state index contributed by atoms with van der Waals surface area (Å²) in [6, 6.07) is 1.69. The molecule has 2 aliphatic rings. The minimum Gasteiger partial charge on any atom is -0.481 e. The molecule has 0 fully saturated rings. The Morgan fingerprint density at radius 2 is 1.59 bits per heavy atom. The Morgan fingerprint density at radius 1 is 0.909 bits per heavy atom. The zero-order valence-corrected chi connectivity index (χ0v) is 23.9. The first-order valence-corrected chi connectivity index (χ1v) is 13.9. The molecule has 0 saturated heterocycles. The van der Waals surface area contributed by atoms with Crippen molar-refractivity contribution in [3.8, 4) is 0 Å². The molecule has 5 atom stereocenters. The first-order valence-electron chi connectivity index (χ1n) is 13.9. The number of carboxylic acids is 2. The summed E-state index contributed by atoms with van der Waals surface area (Å²) in [7, 11) is 0. The number of rotatable bonds is 17. The van der Waals surface area contributed by atoms with Gasteiger partial charge in [0.1, 0.15) is 24.5 Å². The van der Waals surface area contributed by atoms with Gasteiger partial charge < -0.3 is 36.6 Å². The number of aliphatic carboxylic acids is 2. The van der Waals surface area contributed by atoms with Gasteiger partial charge in [-0.05, 0) is 18.1 Å². The molecule has 0 spiro atoms. The van der Waals surface area contributed by atoms with E-state index in [1.807, 2.05) is 24.3 Å². The molecule has 16 nitrogen and oxygen atoms in total. The fourth-order valence-corrected chi connectivity index (χ4v) is 4.70. The second-order valence-electron chi connectivity index (χ2n) is 10.3. The maximum absolute atomic E-state index is 13.4. The molecule has 3 rings (SSSR count). The highest BCUT2D eigenvalue weighted by Crippen LogP contribution is 2.11. The number of carbonyl (C=O) groups is 6. The molecular formula is C28H35N7O9. The standard InChI is InChI=1S/C28H35N7O9/c1-15(37)32-22(8-16-11-30-20-5-3-2-4-19(16)20)28(44)34-21(6-7-24(38)39)26(42)35-23(9-17-12-29-14-31-17)27(43)33-18(13-36)10-25(40)41/h2-5,12,14,17-18,21-23,36H,6-11,13H2,1H3,(H,32,37)(H,33,43)(H,34,44)(H,35,42)(H,38,39)(H,40,41)/t17?,18-,21-,22-,23-/m0/s1. The zero-order valence-electron chi connectivity index (χ0n) is 23.9. The van der Waals surface area contributed by atoms with E-state index in [1.165, 1.54) is 19.5 Å². The van der Waals surface area contributed by atoms with Crippen LogP contribution in [0.3, 0.4) is 0 Å². The third-order valence-electron chi connectivity index (χ3n) is 6.83. The van der Waals surface area contributed by atoms with Gasteiger partial charge in [-0.1, -0.05) is 18.2 Å². The van der Waals surface area contributed by atoms with E-state index < -0.39 is 85.2 Å². The largest absolute Gasteiger partial charge is 0.481 e. The smallest absolute Gasteiger partial charge is 0.305 e. The van der Waals surface area contributed by atoms with Crippen molar-refractivity contribution in [3.05, 3.63) is 34.8 Å². The highest BCUT2D eigenvalue weighted by atomic mass is 16.4. The van der Waals surface area contributed by atoms with Gasteiger partial charge in [0.2, 0.25) is 23.6 Å². The first kappa shape index (κ1) is 33.5. The molecule has 1 aromatic rings. The molecule has 44 heavy (non-hydrogen) atoms. The summed E-state index contributed by atoms with van der Waals surface area (Å²) in [4.78, 5) is 86.7. The van der Waals surface area contributed by atoms with Crippen LogP contribution < -0.4 is 31.8 Å². The maximum atomic E-state index is 13.4. The number of aliphatic hydroxyl groups excluding tert-OH is 1. The highest BCUT2D eigenvalue weighted by molar-refractivity contribution is 5.95. The minimum atomic E-state index is -1.43. The maximum Gasteiger partial charge on any atom is 0.305 e. The molecule has 4 amide bonds. The zero-order chi connectivity index (χ0) is 32.2. The monoisotopic (exact) mass is 613 g/mol. The molecule has 7 N–H and O–H groups in total. The van der Waals surface area contributed by atoms with E-state index in [2.05, 4.69) is 36.2 Å². The lowest BCUT2D eigenvalue weighted by Gasteiger charge is -2.26. The van der Waals surface area contributed by atoms with E-state index in [0.717, 1.165) is 16.1 Å². The van der Waals surface area contributed by atoms with E-state index in [0.29, 0.717) is 6.54 Å². The summed E-state index contributed by atoms with van der Waals surface area (Å²) in [5.41, 5.74) is 0.788. The number of carbonyl (C=O) groups excluding carboxylic acids is 4. The molecule has 2 heterocycles. The number of amides is 4. The molecule has 2 aliphatic heterocycles. The molecule has 236 valence electrons. The van der Waals surface area contributed by atoms with Crippen LogP contribution >= 0.6 is 0 Å². The number of aliphatic hydroxyl groups is 1. The SMILES string of the molecule is CC(=O)N[C@@H](CC1=c2ccccc2=NC1)C(=O)N[C@@H](CCC(=O)O)C(=O)N[C@@H](CC1C=NC=N1)C(=O)N[C@H](CO)CC(=O)O. The number of nitrogens with zero attached hydrogens (tertiary/aromatic N) is 3. The predicted molar refractivity (Wildman–Crippen MR) is 155 cm³/mol. The Balaban J connectivity index is 1.81. The summed E-state index contributed by atoms with van der Waals surface area (Å²) in [6.07, 6.45) is 1.24. The Morgan fingerprint density at radius 3 is 2.23 bits per heavy atom. The fraction of sp³-hybridized carbons (Fsp3) is 0.464. The molecule has 1 unspecified atom stereocenters. The number of aliphatic imine (C=N–C) groups is 2. The Kier molecular flexibility index (Phi) is 12.2. The highest BCUT2D eigenvalue weighted by Gasteiger charge is 2.32. The lowest BCUT2D eigenvalue weighted by atomic mass is 10.0. The van der Waals surface area contributed by atoms with Gasteiger partial charge in [-0.3, -0.25) is 38.8 Å². The summed E-state index contributed by atoms with van der Waals surface area (Å²) in [5.74, 6) is -5.48. The van der Waals surface area contributed by atoms with E-state index in [4.69, 9.17) is 5.11 Å². The third kappa shape index (κ3) is 10.1. The molecule has 0 bridgehead atoms. The lowest BCUT2D eigenvalue weighted by Crippen LogP contribution is -2.58. The summed E-state index contributed by atoms with van der Waals surface area (Å²) in [5, 5.41) is 39.3. The van der Waals surface area contributed by atoms with Gasteiger partial charge in [0.15, 0.2) is 0 Å². The predicted octanol–water partition coefficient (Wildman–Crippen LogP) is -2.98. The number of para-hydroxylation sites is 1. The Labute approximate surface area is 251 Å². The second-order valence-corrected chi connectivity index (χ2v) is 10.3. The molecule has 0 aliphatic carbocycles. The number of nitrogens with one attached hydrogen (secondary N) is 4. The van der Waals surface area contributed by atoms with Crippen LogP contribution in [0.25, 0.3) is 5.57 Å². The van der Waals surface area contributed by atoms with Crippen LogP contribution in [0.15, 0.2) is 39.2 Å². The van der Waals surface area contributed by atoms with Crippen LogP contribution in [0.4, 0.5) is 0 Å². The van der Waals surface area contributed by atoms with Crippen molar-refractivity contribution in [2.24, 2.45) is 15.0 Å². The van der Waals surface area contributed by atoms with Gasteiger partial charge in [0.25, 0.3) is 0 Å². The molecule has 0 aromatic heterocycles.